The van der Waals surface area contributed by atoms with Crippen LogP contribution < -0.4 is 5.32 Å². The second-order valence-corrected chi connectivity index (χ2v) is 3.87. The normalized spacial score (nSPS) is 28.9. The van der Waals surface area contributed by atoms with Crippen LogP contribution >= 0.6 is 0 Å². The van der Waals surface area contributed by atoms with E-state index in [1.165, 1.54) is 0 Å². The van der Waals surface area contributed by atoms with Crippen molar-refractivity contribution in [2.45, 2.75) is 31.7 Å². The van der Waals surface area contributed by atoms with E-state index < -0.39 is 0 Å². The molecule has 0 saturated carbocycles. The van der Waals surface area contributed by atoms with Crippen molar-refractivity contribution in [1.82, 2.24) is 10.2 Å². The molecular formula is C10H15N2O2. The molecule has 1 radical (unpaired) electrons. The molecule has 0 spiro atoms. The zero-order valence-corrected chi connectivity index (χ0v) is 8.16. The SMILES string of the molecule is O=C1CCC(N2CC[CH]CC2=O)CN1. The van der Waals surface area contributed by atoms with Crippen molar-refractivity contribution < 1.29 is 9.59 Å². The third kappa shape index (κ3) is 1.89. The Morgan fingerprint density at radius 2 is 2.29 bits per heavy atom. The summed E-state index contributed by atoms with van der Waals surface area (Å²) in [6, 6.07) is 0.230. The van der Waals surface area contributed by atoms with Crippen molar-refractivity contribution >= 4 is 11.8 Å². The minimum Gasteiger partial charge on any atom is -0.354 e. The van der Waals surface area contributed by atoms with Crippen LogP contribution in [0.25, 0.3) is 0 Å². The smallest absolute Gasteiger partial charge is 0.223 e. The Morgan fingerprint density at radius 1 is 1.43 bits per heavy atom. The number of nitrogens with one attached hydrogen (secondary N) is 1. The summed E-state index contributed by atoms with van der Waals surface area (Å²) < 4.78 is 0. The van der Waals surface area contributed by atoms with Crippen LogP contribution in [0.3, 0.4) is 0 Å². The maximum absolute atomic E-state index is 11.6. The highest BCUT2D eigenvalue weighted by atomic mass is 16.2. The summed E-state index contributed by atoms with van der Waals surface area (Å²) in [6.45, 7) is 1.45. The lowest BCUT2D eigenvalue weighted by Gasteiger charge is -2.36. The Balaban J connectivity index is 1.93. The monoisotopic (exact) mass is 195 g/mol. The Bertz CT molecular complexity index is 243. The van der Waals surface area contributed by atoms with Gasteiger partial charge in [0, 0.05) is 32.0 Å². The van der Waals surface area contributed by atoms with Gasteiger partial charge in [0.15, 0.2) is 0 Å². The molecule has 0 bridgehead atoms. The summed E-state index contributed by atoms with van der Waals surface area (Å²) >= 11 is 0. The second kappa shape index (κ2) is 3.98. The van der Waals surface area contributed by atoms with Crippen LogP contribution in [0.4, 0.5) is 0 Å². The number of likely N-dealkylation sites (tertiary alicyclic amines) is 1. The predicted octanol–water partition coefficient (Wildman–Crippen LogP) is 0.0917. The van der Waals surface area contributed by atoms with Crippen LogP contribution in [0.1, 0.15) is 25.7 Å². The van der Waals surface area contributed by atoms with Crippen molar-refractivity contribution in [3.05, 3.63) is 6.42 Å². The highest BCUT2D eigenvalue weighted by Crippen LogP contribution is 2.17. The highest BCUT2D eigenvalue weighted by Gasteiger charge is 2.28. The van der Waals surface area contributed by atoms with Crippen LogP contribution in [0.5, 0.6) is 0 Å². The van der Waals surface area contributed by atoms with Crippen LogP contribution in [-0.4, -0.2) is 35.8 Å². The summed E-state index contributed by atoms with van der Waals surface area (Å²) in [5.41, 5.74) is 0. The Kier molecular flexibility index (Phi) is 2.70. The molecule has 2 aliphatic heterocycles. The lowest BCUT2D eigenvalue weighted by Crippen LogP contribution is -2.51. The molecule has 0 aliphatic carbocycles. The van der Waals surface area contributed by atoms with Gasteiger partial charge in [-0.05, 0) is 19.3 Å². The van der Waals surface area contributed by atoms with E-state index >= 15 is 0 Å². The first kappa shape index (κ1) is 9.49. The van der Waals surface area contributed by atoms with Gasteiger partial charge in [-0.1, -0.05) is 0 Å². The number of nitrogens with zero attached hydrogens (tertiary/aromatic N) is 1. The molecule has 0 aromatic heterocycles. The van der Waals surface area contributed by atoms with E-state index in [9.17, 15) is 9.59 Å². The molecule has 2 heterocycles. The first-order valence-electron chi connectivity index (χ1n) is 5.15. The van der Waals surface area contributed by atoms with Gasteiger partial charge >= 0.3 is 0 Å². The standard InChI is InChI=1S/C10H15N2O2/c13-9-5-4-8(7-11-9)12-6-2-1-3-10(12)14/h1,8H,2-7H2,(H,11,13). The molecule has 1 N–H and O–H groups in total. The summed E-state index contributed by atoms with van der Waals surface area (Å²) in [6.07, 6.45) is 4.94. The average molecular weight is 195 g/mol. The van der Waals surface area contributed by atoms with E-state index in [0.717, 1.165) is 19.4 Å². The third-order valence-corrected chi connectivity index (χ3v) is 2.89. The van der Waals surface area contributed by atoms with Gasteiger partial charge in [0.25, 0.3) is 0 Å². The van der Waals surface area contributed by atoms with Crippen LogP contribution in [0.2, 0.25) is 0 Å². The van der Waals surface area contributed by atoms with Gasteiger partial charge in [-0.3, -0.25) is 9.59 Å². The van der Waals surface area contributed by atoms with Crippen molar-refractivity contribution in [3.8, 4) is 0 Å². The van der Waals surface area contributed by atoms with E-state index in [2.05, 4.69) is 5.32 Å². The average Bonchev–Trinajstić information content (AvgIpc) is 2.20. The van der Waals surface area contributed by atoms with E-state index in [4.69, 9.17) is 0 Å². The topological polar surface area (TPSA) is 49.4 Å². The fraction of sp³-hybridized carbons (Fsp3) is 0.700. The summed E-state index contributed by atoms with van der Waals surface area (Å²) in [4.78, 5) is 24.4. The van der Waals surface area contributed by atoms with Crippen LogP contribution in [-0.2, 0) is 9.59 Å². The van der Waals surface area contributed by atoms with Gasteiger partial charge in [-0.15, -0.1) is 0 Å². The Labute approximate surface area is 83.6 Å². The minimum atomic E-state index is 0.109. The molecule has 4 nitrogen and oxygen atoms in total. The molecule has 2 fully saturated rings. The number of piperidine rings is 2. The molecule has 1 unspecified atom stereocenters. The molecule has 4 heteroatoms. The summed E-state index contributed by atoms with van der Waals surface area (Å²) in [5, 5.41) is 2.81. The fourth-order valence-electron chi connectivity index (χ4n) is 2.07. The molecule has 0 aromatic rings. The quantitative estimate of drug-likeness (QED) is 0.644. The van der Waals surface area contributed by atoms with E-state index in [1.54, 1.807) is 0 Å². The lowest BCUT2D eigenvalue weighted by molar-refractivity contribution is -0.136. The van der Waals surface area contributed by atoms with E-state index in [-0.39, 0.29) is 17.9 Å². The zero-order chi connectivity index (χ0) is 9.97. The largest absolute Gasteiger partial charge is 0.354 e. The zero-order valence-electron chi connectivity index (χ0n) is 8.16. The first-order chi connectivity index (χ1) is 6.77. The van der Waals surface area contributed by atoms with Crippen molar-refractivity contribution in [3.63, 3.8) is 0 Å². The Morgan fingerprint density at radius 3 is 2.93 bits per heavy atom. The van der Waals surface area contributed by atoms with Gasteiger partial charge in [0.1, 0.15) is 0 Å². The first-order valence-corrected chi connectivity index (χ1v) is 5.15. The molecule has 77 valence electrons. The number of amides is 2. The fourth-order valence-corrected chi connectivity index (χ4v) is 2.07. The maximum Gasteiger partial charge on any atom is 0.223 e. The number of hydrogen-bond donors (Lipinski definition) is 1. The van der Waals surface area contributed by atoms with Crippen molar-refractivity contribution in [1.29, 1.82) is 0 Å². The van der Waals surface area contributed by atoms with E-state index in [0.29, 0.717) is 19.4 Å². The van der Waals surface area contributed by atoms with E-state index in [1.807, 2.05) is 11.3 Å². The predicted molar refractivity (Wildman–Crippen MR) is 51.3 cm³/mol. The third-order valence-electron chi connectivity index (χ3n) is 2.89. The number of hydrogen-bond acceptors (Lipinski definition) is 2. The van der Waals surface area contributed by atoms with Gasteiger partial charge in [0.2, 0.25) is 11.8 Å². The molecular weight excluding hydrogens is 180 g/mol. The molecule has 14 heavy (non-hydrogen) atoms. The lowest BCUT2D eigenvalue weighted by atomic mass is 10.0. The van der Waals surface area contributed by atoms with Gasteiger partial charge in [0.05, 0.1) is 0 Å². The highest BCUT2D eigenvalue weighted by molar-refractivity contribution is 5.80. The van der Waals surface area contributed by atoms with Gasteiger partial charge < -0.3 is 10.2 Å². The maximum atomic E-state index is 11.6. The second-order valence-electron chi connectivity index (χ2n) is 3.87. The minimum absolute atomic E-state index is 0.109. The number of carbonyl (C=O) groups excluding carboxylic acids is 2. The molecule has 0 aromatic carbocycles. The van der Waals surface area contributed by atoms with Crippen molar-refractivity contribution in [2.75, 3.05) is 13.1 Å². The van der Waals surface area contributed by atoms with Crippen LogP contribution in [0.15, 0.2) is 0 Å². The number of carbonyl (C=O) groups is 2. The molecule has 2 rings (SSSR count). The Hall–Kier alpha value is -1.06. The molecule has 2 amide bonds. The van der Waals surface area contributed by atoms with Gasteiger partial charge in [-0.25, -0.2) is 0 Å². The van der Waals surface area contributed by atoms with Crippen molar-refractivity contribution in [2.24, 2.45) is 0 Å². The molecule has 2 saturated heterocycles. The van der Waals surface area contributed by atoms with Crippen LogP contribution in [0, 0.1) is 6.42 Å². The molecule has 2 aliphatic rings. The number of rotatable bonds is 1. The summed E-state index contributed by atoms with van der Waals surface area (Å²) in [5.74, 6) is 0.315. The summed E-state index contributed by atoms with van der Waals surface area (Å²) in [7, 11) is 0. The molecule has 1 atom stereocenters. The van der Waals surface area contributed by atoms with Gasteiger partial charge in [-0.2, -0.15) is 0 Å².